The Bertz CT molecular complexity index is 1130. The summed E-state index contributed by atoms with van der Waals surface area (Å²) in [5.41, 5.74) is 1.86. The molecule has 2 fully saturated rings. The number of imide groups is 1. The number of aryl methyl sites for hydroxylation is 1. The summed E-state index contributed by atoms with van der Waals surface area (Å²) in [5.74, 6) is -2.12. The molecule has 7 heteroatoms. The van der Waals surface area contributed by atoms with Crippen LogP contribution in [0.25, 0.3) is 0 Å². The Morgan fingerprint density at radius 1 is 1.09 bits per heavy atom. The number of fused-ring (bicyclic) bond motifs is 4. The van der Waals surface area contributed by atoms with E-state index >= 15 is 0 Å². The summed E-state index contributed by atoms with van der Waals surface area (Å²) in [4.78, 5) is 42.1. The number of anilines is 1. The molecule has 0 bridgehead atoms. The van der Waals surface area contributed by atoms with Crippen molar-refractivity contribution in [1.82, 2.24) is 10.2 Å². The first kappa shape index (κ1) is 21.2. The van der Waals surface area contributed by atoms with Gasteiger partial charge >= 0.3 is 0 Å². The maximum atomic E-state index is 13.7. The summed E-state index contributed by atoms with van der Waals surface area (Å²) in [5, 5.41) is 6.77. The zero-order chi connectivity index (χ0) is 22.8. The first-order valence-electron chi connectivity index (χ1n) is 11.0. The standard InChI is InChI=1S/C25H26ClN3O3/c1-13(2)20-18-19(23(31)29(22(18)30)10-9-15-7-5-4-6-8-15)25(28-20)16-11-14(3)12-17(26)21(16)27-24(25)32/h4-8,11-13,18-20,28H,9-10H2,1-3H3,(H,27,32)/t18-,19-,20+,25+/m0/s1. The Hall–Kier alpha value is -2.70. The summed E-state index contributed by atoms with van der Waals surface area (Å²) >= 11 is 6.45. The van der Waals surface area contributed by atoms with Gasteiger partial charge < -0.3 is 5.32 Å². The molecule has 0 saturated carbocycles. The van der Waals surface area contributed by atoms with E-state index in [-0.39, 0.29) is 29.7 Å². The van der Waals surface area contributed by atoms with Gasteiger partial charge in [0.15, 0.2) is 0 Å². The molecule has 1 spiro atoms. The third-order valence-electron chi connectivity index (χ3n) is 7.13. The van der Waals surface area contributed by atoms with Gasteiger partial charge in [-0.3, -0.25) is 24.6 Å². The normalized spacial score (nSPS) is 28.6. The monoisotopic (exact) mass is 451 g/mol. The van der Waals surface area contributed by atoms with Crippen molar-refractivity contribution < 1.29 is 14.4 Å². The van der Waals surface area contributed by atoms with Crippen LogP contribution in [0, 0.1) is 24.7 Å². The minimum Gasteiger partial charge on any atom is -0.323 e. The van der Waals surface area contributed by atoms with Gasteiger partial charge in [0, 0.05) is 18.2 Å². The second kappa shape index (κ2) is 7.42. The third kappa shape index (κ3) is 2.86. The van der Waals surface area contributed by atoms with Gasteiger partial charge in [0.1, 0.15) is 5.54 Å². The first-order chi connectivity index (χ1) is 15.3. The van der Waals surface area contributed by atoms with Gasteiger partial charge in [0.2, 0.25) is 17.7 Å². The van der Waals surface area contributed by atoms with E-state index in [0.717, 1.165) is 11.1 Å². The van der Waals surface area contributed by atoms with Crippen LogP contribution in [0.3, 0.4) is 0 Å². The van der Waals surface area contributed by atoms with Crippen molar-refractivity contribution in [2.45, 2.75) is 38.8 Å². The molecule has 0 unspecified atom stereocenters. The number of nitrogens with zero attached hydrogens (tertiary/aromatic N) is 1. The lowest BCUT2D eigenvalue weighted by Gasteiger charge is -2.30. The predicted octanol–water partition coefficient (Wildman–Crippen LogP) is 3.27. The number of carbonyl (C=O) groups is 3. The van der Waals surface area contributed by atoms with Crippen LogP contribution in [0.4, 0.5) is 5.69 Å². The molecule has 3 aliphatic rings. The second-order valence-electron chi connectivity index (χ2n) is 9.41. The fourth-order valence-electron chi connectivity index (χ4n) is 5.66. The number of hydrogen-bond donors (Lipinski definition) is 2. The number of likely N-dealkylation sites (tertiary alicyclic amines) is 1. The van der Waals surface area contributed by atoms with Crippen LogP contribution in [0.1, 0.15) is 30.5 Å². The number of halogens is 1. The van der Waals surface area contributed by atoms with Gasteiger partial charge in [-0.1, -0.05) is 61.8 Å². The molecule has 4 atom stereocenters. The maximum Gasteiger partial charge on any atom is 0.250 e. The van der Waals surface area contributed by atoms with Crippen molar-refractivity contribution in [2.75, 3.05) is 11.9 Å². The first-order valence-corrected chi connectivity index (χ1v) is 11.4. The molecule has 3 aliphatic heterocycles. The summed E-state index contributed by atoms with van der Waals surface area (Å²) in [6.07, 6.45) is 0.582. The van der Waals surface area contributed by atoms with E-state index in [0.29, 0.717) is 29.2 Å². The van der Waals surface area contributed by atoms with Crippen molar-refractivity contribution in [3.8, 4) is 0 Å². The number of carbonyl (C=O) groups excluding carboxylic acids is 3. The third-order valence-corrected chi connectivity index (χ3v) is 7.43. The number of hydrogen-bond acceptors (Lipinski definition) is 4. The SMILES string of the molecule is Cc1cc(Cl)c2c(c1)[C@]1(N[C@H](C(C)C)[C@H]3C(=O)N(CCc4ccccc4)C(=O)[C@H]31)C(=O)N2. The average molecular weight is 452 g/mol. The highest BCUT2D eigenvalue weighted by Crippen LogP contribution is 2.55. The molecular weight excluding hydrogens is 426 g/mol. The van der Waals surface area contributed by atoms with E-state index < -0.39 is 17.4 Å². The van der Waals surface area contributed by atoms with Crippen LogP contribution in [0.15, 0.2) is 42.5 Å². The molecule has 2 aromatic rings. The highest BCUT2D eigenvalue weighted by molar-refractivity contribution is 6.35. The average Bonchev–Trinajstić information content (AvgIpc) is 3.34. The van der Waals surface area contributed by atoms with Crippen molar-refractivity contribution in [3.63, 3.8) is 0 Å². The van der Waals surface area contributed by atoms with Crippen molar-refractivity contribution in [2.24, 2.45) is 17.8 Å². The minimum absolute atomic E-state index is 0.0600. The molecular formula is C25H26ClN3O3. The second-order valence-corrected chi connectivity index (χ2v) is 9.82. The van der Waals surface area contributed by atoms with Gasteiger partial charge in [0.25, 0.3) is 0 Å². The topological polar surface area (TPSA) is 78.5 Å². The van der Waals surface area contributed by atoms with Crippen molar-refractivity contribution in [3.05, 3.63) is 64.2 Å². The lowest BCUT2D eigenvalue weighted by atomic mass is 9.75. The zero-order valence-electron chi connectivity index (χ0n) is 18.3. The Balaban J connectivity index is 1.58. The molecule has 3 heterocycles. The summed E-state index contributed by atoms with van der Waals surface area (Å²) in [6, 6.07) is 13.2. The smallest absolute Gasteiger partial charge is 0.250 e. The van der Waals surface area contributed by atoms with Gasteiger partial charge in [-0.25, -0.2) is 0 Å². The summed E-state index contributed by atoms with van der Waals surface area (Å²) < 4.78 is 0. The van der Waals surface area contributed by atoms with Crippen LogP contribution in [0.2, 0.25) is 5.02 Å². The quantitative estimate of drug-likeness (QED) is 0.699. The highest BCUT2D eigenvalue weighted by atomic mass is 35.5. The van der Waals surface area contributed by atoms with Crippen LogP contribution in [-0.4, -0.2) is 35.2 Å². The highest BCUT2D eigenvalue weighted by Gasteiger charge is 2.70. The molecule has 32 heavy (non-hydrogen) atoms. The molecule has 2 saturated heterocycles. The number of nitrogens with one attached hydrogen (secondary N) is 2. The predicted molar refractivity (Wildman–Crippen MR) is 122 cm³/mol. The van der Waals surface area contributed by atoms with Gasteiger partial charge in [-0.2, -0.15) is 0 Å². The van der Waals surface area contributed by atoms with Crippen molar-refractivity contribution >= 4 is 35.0 Å². The minimum atomic E-state index is -1.29. The maximum absolute atomic E-state index is 13.7. The largest absolute Gasteiger partial charge is 0.323 e. The van der Waals surface area contributed by atoms with E-state index in [1.807, 2.05) is 57.2 Å². The van der Waals surface area contributed by atoms with Crippen LogP contribution in [-0.2, 0) is 26.3 Å². The molecule has 0 aromatic heterocycles. The molecule has 6 nitrogen and oxygen atoms in total. The van der Waals surface area contributed by atoms with E-state index in [9.17, 15) is 14.4 Å². The molecule has 2 aromatic carbocycles. The van der Waals surface area contributed by atoms with E-state index in [2.05, 4.69) is 10.6 Å². The Labute approximate surface area is 192 Å². The molecule has 0 aliphatic carbocycles. The van der Waals surface area contributed by atoms with E-state index in [4.69, 9.17) is 11.6 Å². The van der Waals surface area contributed by atoms with E-state index in [1.54, 1.807) is 6.07 Å². The summed E-state index contributed by atoms with van der Waals surface area (Å²) in [7, 11) is 0. The van der Waals surface area contributed by atoms with Crippen LogP contribution >= 0.6 is 11.6 Å². The number of amides is 3. The number of benzene rings is 2. The fourth-order valence-corrected chi connectivity index (χ4v) is 5.99. The lowest BCUT2D eigenvalue weighted by molar-refractivity contribution is -0.142. The lowest BCUT2D eigenvalue weighted by Crippen LogP contribution is -2.54. The Morgan fingerprint density at radius 3 is 2.50 bits per heavy atom. The molecule has 3 amide bonds. The Morgan fingerprint density at radius 2 is 1.81 bits per heavy atom. The fraction of sp³-hybridized carbons (Fsp3) is 0.400. The molecule has 0 radical (unpaired) electrons. The Kier molecular flexibility index (Phi) is 4.91. The van der Waals surface area contributed by atoms with Gasteiger partial charge in [0.05, 0.1) is 22.5 Å². The van der Waals surface area contributed by atoms with Crippen LogP contribution in [0.5, 0.6) is 0 Å². The zero-order valence-corrected chi connectivity index (χ0v) is 19.1. The molecule has 2 N–H and O–H groups in total. The summed E-state index contributed by atoms with van der Waals surface area (Å²) in [6.45, 7) is 6.23. The number of rotatable bonds is 4. The van der Waals surface area contributed by atoms with Crippen LogP contribution < -0.4 is 10.6 Å². The van der Waals surface area contributed by atoms with Gasteiger partial charge in [-0.15, -0.1) is 0 Å². The van der Waals surface area contributed by atoms with Gasteiger partial charge in [-0.05, 0) is 36.5 Å². The van der Waals surface area contributed by atoms with Crippen molar-refractivity contribution in [1.29, 1.82) is 0 Å². The van der Waals surface area contributed by atoms with E-state index in [1.165, 1.54) is 4.90 Å². The molecule has 5 rings (SSSR count). The molecule has 166 valence electrons.